The monoisotopic (exact) mass is 458 g/mol. The molecule has 0 aliphatic carbocycles. The highest BCUT2D eigenvalue weighted by Crippen LogP contribution is 2.33. The SMILES string of the molecule is Cc1cccc(-c2nnc(SCC(=O)Nc3ccc4c(c3)OCCO4)n2-c2ccccc2)c1. The molecule has 33 heavy (non-hydrogen) atoms. The largest absolute Gasteiger partial charge is 0.486 e. The van der Waals surface area contributed by atoms with Crippen molar-refractivity contribution in [1.29, 1.82) is 0 Å². The van der Waals surface area contributed by atoms with Gasteiger partial charge in [-0.05, 0) is 37.3 Å². The smallest absolute Gasteiger partial charge is 0.234 e. The molecule has 0 saturated heterocycles. The number of amides is 1. The number of fused-ring (bicyclic) bond motifs is 1. The first-order valence-electron chi connectivity index (χ1n) is 10.6. The molecule has 0 radical (unpaired) electrons. The van der Waals surface area contributed by atoms with Gasteiger partial charge in [0, 0.05) is 23.0 Å². The van der Waals surface area contributed by atoms with Crippen molar-refractivity contribution >= 4 is 23.4 Å². The van der Waals surface area contributed by atoms with Crippen molar-refractivity contribution in [2.24, 2.45) is 0 Å². The van der Waals surface area contributed by atoms with Crippen molar-refractivity contribution in [3.63, 3.8) is 0 Å². The van der Waals surface area contributed by atoms with Crippen molar-refractivity contribution in [1.82, 2.24) is 14.8 Å². The van der Waals surface area contributed by atoms with E-state index in [0.29, 0.717) is 35.6 Å². The Kier molecular flexibility index (Phi) is 5.99. The van der Waals surface area contributed by atoms with Crippen LogP contribution in [-0.4, -0.2) is 39.6 Å². The Morgan fingerprint density at radius 2 is 1.79 bits per heavy atom. The Morgan fingerprint density at radius 1 is 0.970 bits per heavy atom. The zero-order valence-corrected chi connectivity index (χ0v) is 18.8. The van der Waals surface area contributed by atoms with Crippen molar-refractivity contribution in [2.45, 2.75) is 12.1 Å². The fraction of sp³-hybridized carbons (Fsp3) is 0.160. The lowest BCUT2D eigenvalue weighted by molar-refractivity contribution is -0.113. The third kappa shape index (κ3) is 4.70. The zero-order valence-electron chi connectivity index (χ0n) is 18.0. The molecule has 4 aromatic rings. The Labute approximate surface area is 195 Å². The summed E-state index contributed by atoms with van der Waals surface area (Å²) in [6.45, 7) is 3.07. The molecule has 0 saturated carbocycles. The van der Waals surface area contributed by atoms with Crippen molar-refractivity contribution in [2.75, 3.05) is 24.3 Å². The van der Waals surface area contributed by atoms with E-state index in [1.807, 2.05) is 60.0 Å². The van der Waals surface area contributed by atoms with Gasteiger partial charge in [0.2, 0.25) is 5.91 Å². The van der Waals surface area contributed by atoms with E-state index in [1.165, 1.54) is 11.8 Å². The van der Waals surface area contributed by atoms with Gasteiger partial charge < -0.3 is 14.8 Å². The van der Waals surface area contributed by atoms with Gasteiger partial charge in [-0.1, -0.05) is 53.7 Å². The minimum Gasteiger partial charge on any atom is -0.486 e. The summed E-state index contributed by atoms with van der Waals surface area (Å²) in [6.07, 6.45) is 0. The topological polar surface area (TPSA) is 78.3 Å². The first-order chi connectivity index (χ1) is 16.2. The molecular formula is C25H22N4O3S. The summed E-state index contributed by atoms with van der Waals surface area (Å²) in [5, 5.41) is 12.4. The van der Waals surface area contributed by atoms with Crippen LogP contribution in [0, 0.1) is 6.92 Å². The van der Waals surface area contributed by atoms with Crippen LogP contribution in [0.2, 0.25) is 0 Å². The molecule has 1 amide bonds. The Hall–Kier alpha value is -3.78. The number of para-hydroxylation sites is 1. The third-order valence-corrected chi connectivity index (χ3v) is 6.01. The van der Waals surface area contributed by atoms with E-state index in [4.69, 9.17) is 9.47 Å². The van der Waals surface area contributed by atoms with Crippen LogP contribution in [0.1, 0.15) is 5.56 Å². The second kappa shape index (κ2) is 9.38. The molecule has 0 atom stereocenters. The summed E-state index contributed by atoms with van der Waals surface area (Å²) in [7, 11) is 0. The highest BCUT2D eigenvalue weighted by Gasteiger charge is 2.18. The first kappa shape index (κ1) is 21.1. The number of nitrogens with zero attached hydrogens (tertiary/aromatic N) is 3. The molecule has 7 nitrogen and oxygen atoms in total. The van der Waals surface area contributed by atoms with E-state index in [1.54, 1.807) is 18.2 Å². The number of aryl methyl sites for hydroxylation is 1. The van der Waals surface area contributed by atoms with Gasteiger partial charge in [-0.15, -0.1) is 10.2 Å². The Bertz CT molecular complexity index is 1290. The normalized spacial score (nSPS) is 12.4. The lowest BCUT2D eigenvalue weighted by Crippen LogP contribution is -2.17. The van der Waals surface area contributed by atoms with E-state index >= 15 is 0 Å². The van der Waals surface area contributed by atoms with E-state index in [0.717, 1.165) is 22.6 Å². The Morgan fingerprint density at radius 3 is 2.61 bits per heavy atom. The van der Waals surface area contributed by atoms with Gasteiger partial charge in [-0.3, -0.25) is 9.36 Å². The predicted molar refractivity (Wildman–Crippen MR) is 128 cm³/mol. The summed E-state index contributed by atoms with van der Waals surface area (Å²) in [4.78, 5) is 12.7. The van der Waals surface area contributed by atoms with Gasteiger partial charge >= 0.3 is 0 Å². The number of ether oxygens (including phenoxy) is 2. The zero-order chi connectivity index (χ0) is 22.6. The average molecular weight is 459 g/mol. The number of thioether (sulfide) groups is 1. The maximum absolute atomic E-state index is 12.7. The predicted octanol–water partition coefficient (Wildman–Crippen LogP) is 4.74. The van der Waals surface area contributed by atoms with Gasteiger partial charge in [0.1, 0.15) is 13.2 Å². The quantitative estimate of drug-likeness (QED) is 0.421. The van der Waals surface area contributed by atoms with Crippen molar-refractivity contribution < 1.29 is 14.3 Å². The number of carbonyl (C=O) groups excluding carboxylic acids is 1. The molecule has 1 aromatic heterocycles. The van der Waals surface area contributed by atoms with Crippen LogP contribution >= 0.6 is 11.8 Å². The number of hydrogen-bond acceptors (Lipinski definition) is 6. The average Bonchev–Trinajstić information content (AvgIpc) is 3.27. The number of hydrogen-bond donors (Lipinski definition) is 1. The molecule has 0 unspecified atom stereocenters. The number of aromatic nitrogens is 3. The van der Waals surface area contributed by atoms with Crippen molar-refractivity contribution in [3.8, 4) is 28.6 Å². The standard InChI is InChI=1S/C25H22N4O3S/c1-17-6-5-7-18(14-17)24-27-28-25(29(24)20-8-3-2-4-9-20)33-16-23(30)26-19-10-11-21-22(15-19)32-13-12-31-21/h2-11,14-15H,12-13,16H2,1H3,(H,26,30). The second-order valence-electron chi connectivity index (χ2n) is 7.54. The molecule has 1 N–H and O–H groups in total. The van der Waals surface area contributed by atoms with E-state index in [9.17, 15) is 4.79 Å². The van der Waals surface area contributed by atoms with Gasteiger partial charge in [0.15, 0.2) is 22.5 Å². The number of nitrogens with one attached hydrogen (secondary N) is 1. The second-order valence-corrected chi connectivity index (χ2v) is 8.48. The lowest BCUT2D eigenvalue weighted by atomic mass is 10.1. The number of carbonyl (C=O) groups is 1. The van der Waals surface area contributed by atoms with Crippen LogP contribution in [0.25, 0.3) is 17.1 Å². The molecule has 0 bridgehead atoms. The summed E-state index contributed by atoms with van der Waals surface area (Å²) in [5.74, 6) is 2.11. The first-order valence-corrected chi connectivity index (χ1v) is 11.6. The fourth-order valence-electron chi connectivity index (χ4n) is 3.59. The van der Waals surface area contributed by atoms with Crippen LogP contribution in [0.4, 0.5) is 5.69 Å². The fourth-order valence-corrected chi connectivity index (χ4v) is 4.34. The highest BCUT2D eigenvalue weighted by molar-refractivity contribution is 7.99. The van der Waals surface area contributed by atoms with Gasteiger partial charge in [-0.25, -0.2) is 0 Å². The summed E-state index contributed by atoms with van der Waals surface area (Å²) in [5.41, 5.74) is 3.71. The van der Waals surface area contributed by atoms with Crippen molar-refractivity contribution in [3.05, 3.63) is 78.4 Å². The molecule has 166 valence electrons. The molecule has 5 rings (SSSR count). The maximum Gasteiger partial charge on any atom is 0.234 e. The molecule has 1 aliphatic heterocycles. The van der Waals surface area contributed by atoms with Crippen LogP contribution < -0.4 is 14.8 Å². The van der Waals surface area contributed by atoms with Gasteiger partial charge in [0.25, 0.3) is 0 Å². The number of benzene rings is 3. The summed E-state index contributed by atoms with van der Waals surface area (Å²) >= 11 is 1.34. The van der Waals surface area contributed by atoms with E-state index < -0.39 is 0 Å². The molecule has 0 spiro atoms. The van der Waals surface area contributed by atoms with E-state index in [-0.39, 0.29) is 11.7 Å². The summed E-state index contributed by atoms with van der Waals surface area (Å²) in [6, 6.07) is 23.4. The van der Waals surface area contributed by atoms with Crippen LogP contribution in [-0.2, 0) is 4.79 Å². The van der Waals surface area contributed by atoms with E-state index in [2.05, 4.69) is 21.6 Å². The van der Waals surface area contributed by atoms with Crippen LogP contribution in [0.3, 0.4) is 0 Å². The lowest BCUT2D eigenvalue weighted by Gasteiger charge is -2.19. The Balaban J connectivity index is 1.36. The molecule has 3 aromatic carbocycles. The van der Waals surface area contributed by atoms with Gasteiger partial charge in [-0.2, -0.15) is 0 Å². The van der Waals surface area contributed by atoms with Crippen LogP contribution in [0.5, 0.6) is 11.5 Å². The summed E-state index contributed by atoms with van der Waals surface area (Å²) < 4.78 is 13.1. The minimum atomic E-state index is -0.142. The number of anilines is 1. The molecule has 0 fully saturated rings. The number of rotatable bonds is 6. The molecular weight excluding hydrogens is 436 g/mol. The molecule has 1 aliphatic rings. The van der Waals surface area contributed by atoms with Crippen LogP contribution in [0.15, 0.2) is 78.0 Å². The molecule has 8 heteroatoms. The third-order valence-electron chi connectivity index (χ3n) is 5.08. The maximum atomic E-state index is 12.7. The minimum absolute atomic E-state index is 0.142. The molecule has 2 heterocycles. The van der Waals surface area contributed by atoms with Gasteiger partial charge in [0.05, 0.1) is 5.75 Å². The highest BCUT2D eigenvalue weighted by atomic mass is 32.2.